The Morgan fingerprint density at radius 1 is 1.04 bits per heavy atom. The van der Waals surface area contributed by atoms with Crippen LogP contribution in [0.1, 0.15) is 27.3 Å². The van der Waals surface area contributed by atoms with Crippen molar-refractivity contribution in [1.29, 1.82) is 0 Å². The van der Waals surface area contributed by atoms with Crippen molar-refractivity contribution in [3.63, 3.8) is 0 Å². The van der Waals surface area contributed by atoms with E-state index in [1.165, 1.54) is 5.56 Å². The first kappa shape index (κ1) is 19.4. The van der Waals surface area contributed by atoms with Gasteiger partial charge in [-0.2, -0.15) is 0 Å². The molecule has 0 aliphatic carbocycles. The Kier molecular flexibility index (Phi) is 6.22. The fraction of sp³-hybridized carbons (Fsp3) is 0.227. The number of carbonyl (C=O) groups is 1. The van der Waals surface area contributed by atoms with Crippen LogP contribution in [0.2, 0.25) is 0 Å². The van der Waals surface area contributed by atoms with E-state index in [-0.39, 0.29) is 5.91 Å². The summed E-state index contributed by atoms with van der Waals surface area (Å²) in [6.07, 6.45) is 0.710. The summed E-state index contributed by atoms with van der Waals surface area (Å²) in [7, 11) is 1.64. The number of rotatable bonds is 7. The SMILES string of the molecule is COc1cccc(CCNC(=O)c2cc(C)nc(Nc3ccc(C)cc3)n2)c1. The average Bonchev–Trinajstić information content (AvgIpc) is 2.69. The van der Waals surface area contributed by atoms with Gasteiger partial charge in [-0.15, -0.1) is 0 Å². The highest BCUT2D eigenvalue weighted by Gasteiger charge is 2.10. The molecule has 0 saturated heterocycles. The van der Waals surface area contributed by atoms with Crippen molar-refractivity contribution < 1.29 is 9.53 Å². The molecule has 1 heterocycles. The molecule has 6 heteroatoms. The summed E-state index contributed by atoms with van der Waals surface area (Å²) in [6, 6.07) is 17.4. The van der Waals surface area contributed by atoms with Gasteiger partial charge in [-0.05, 0) is 56.2 Å². The molecule has 2 N–H and O–H groups in total. The van der Waals surface area contributed by atoms with E-state index >= 15 is 0 Å². The number of ether oxygens (including phenoxy) is 1. The molecule has 0 unspecified atom stereocenters. The van der Waals surface area contributed by atoms with Gasteiger partial charge in [-0.3, -0.25) is 4.79 Å². The highest BCUT2D eigenvalue weighted by atomic mass is 16.5. The van der Waals surface area contributed by atoms with Crippen LogP contribution in [0.25, 0.3) is 0 Å². The molecular weight excluding hydrogens is 352 g/mol. The Morgan fingerprint density at radius 2 is 1.82 bits per heavy atom. The lowest BCUT2D eigenvalue weighted by Crippen LogP contribution is -2.27. The number of anilines is 2. The molecule has 0 aliphatic heterocycles. The van der Waals surface area contributed by atoms with Gasteiger partial charge < -0.3 is 15.4 Å². The second-order valence-corrected chi connectivity index (χ2v) is 6.57. The summed E-state index contributed by atoms with van der Waals surface area (Å²) >= 11 is 0. The van der Waals surface area contributed by atoms with Gasteiger partial charge in [0, 0.05) is 17.9 Å². The van der Waals surface area contributed by atoms with Gasteiger partial charge in [-0.1, -0.05) is 29.8 Å². The molecule has 0 aliphatic rings. The van der Waals surface area contributed by atoms with E-state index in [1.54, 1.807) is 13.2 Å². The van der Waals surface area contributed by atoms with Crippen LogP contribution in [0.3, 0.4) is 0 Å². The van der Waals surface area contributed by atoms with E-state index < -0.39 is 0 Å². The topological polar surface area (TPSA) is 76.1 Å². The molecule has 0 spiro atoms. The van der Waals surface area contributed by atoms with Crippen LogP contribution >= 0.6 is 0 Å². The van der Waals surface area contributed by atoms with Crippen LogP contribution in [-0.2, 0) is 6.42 Å². The molecule has 1 amide bonds. The summed E-state index contributed by atoms with van der Waals surface area (Å²) in [6.45, 7) is 4.38. The molecule has 3 rings (SSSR count). The number of nitrogens with zero attached hydrogens (tertiary/aromatic N) is 2. The Hall–Kier alpha value is -3.41. The fourth-order valence-electron chi connectivity index (χ4n) is 2.75. The quantitative estimate of drug-likeness (QED) is 0.656. The third-order valence-electron chi connectivity index (χ3n) is 4.23. The molecule has 0 radical (unpaired) electrons. The highest BCUT2D eigenvalue weighted by molar-refractivity contribution is 5.92. The van der Waals surface area contributed by atoms with Gasteiger partial charge in [-0.25, -0.2) is 9.97 Å². The van der Waals surface area contributed by atoms with Crippen LogP contribution in [-0.4, -0.2) is 29.5 Å². The third kappa shape index (κ3) is 5.30. The van der Waals surface area contributed by atoms with E-state index in [1.807, 2.05) is 62.4 Å². The highest BCUT2D eigenvalue weighted by Crippen LogP contribution is 2.15. The molecule has 0 bridgehead atoms. The van der Waals surface area contributed by atoms with Crippen LogP contribution in [0.4, 0.5) is 11.6 Å². The molecule has 0 fully saturated rings. The molecular formula is C22H24N4O2. The van der Waals surface area contributed by atoms with Crippen molar-refractivity contribution in [2.45, 2.75) is 20.3 Å². The van der Waals surface area contributed by atoms with Gasteiger partial charge >= 0.3 is 0 Å². The first-order valence-electron chi connectivity index (χ1n) is 9.14. The zero-order chi connectivity index (χ0) is 19.9. The number of nitrogens with one attached hydrogen (secondary N) is 2. The number of amides is 1. The predicted octanol–water partition coefficient (Wildman–Crippen LogP) is 3.82. The summed E-state index contributed by atoms with van der Waals surface area (Å²) in [4.78, 5) is 21.2. The summed E-state index contributed by atoms with van der Waals surface area (Å²) in [5.74, 6) is 0.990. The Labute approximate surface area is 165 Å². The standard InChI is InChI=1S/C22H24N4O2/c1-15-7-9-18(10-8-15)25-22-24-16(2)13-20(26-22)21(27)23-12-11-17-5-4-6-19(14-17)28-3/h4-10,13-14H,11-12H2,1-3H3,(H,23,27)(H,24,25,26). The molecule has 0 atom stereocenters. The predicted molar refractivity (Wildman–Crippen MR) is 110 cm³/mol. The number of aromatic nitrogens is 2. The first-order chi connectivity index (χ1) is 13.5. The molecule has 0 saturated carbocycles. The zero-order valence-corrected chi connectivity index (χ0v) is 16.3. The lowest BCUT2D eigenvalue weighted by Gasteiger charge is -2.09. The molecule has 28 heavy (non-hydrogen) atoms. The second-order valence-electron chi connectivity index (χ2n) is 6.57. The second kappa shape index (κ2) is 8.99. The van der Waals surface area contributed by atoms with Gasteiger partial charge in [0.1, 0.15) is 11.4 Å². The van der Waals surface area contributed by atoms with Gasteiger partial charge in [0.15, 0.2) is 0 Å². The van der Waals surface area contributed by atoms with Crippen molar-refractivity contribution in [3.05, 3.63) is 77.1 Å². The van der Waals surface area contributed by atoms with Gasteiger partial charge in [0.05, 0.1) is 7.11 Å². The van der Waals surface area contributed by atoms with Crippen molar-refractivity contribution >= 4 is 17.5 Å². The lowest BCUT2D eigenvalue weighted by molar-refractivity contribution is 0.0949. The lowest BCUT2D eigenvalue weighted by atomic mass is 10.1. The first-order valence-corrected chi connectivity index (χ1v) is 9.14. The number of carbonyl (C=O) groups excluding carboxylic acids is 1. The number of benzene rings is 2. The van der Waals surface area contributed by atoms with E-state index in [4.69, 9.17) is 4.74 Å². The van der Waals surface area contributed by atoms with Crippen LogP contribution in [0.5, 0.6) is 5.75 Å². The fourth-order valence-corrected chi connectivity index (χ4v) is 2.75. The molecule has 3 aromatic rings. The maximum Gasteiger partial charge on any atom is 0.270 e. The van der Waals surface area contributed by atoms with Crippen LogP contribution < -0.4 is 15.4 Å². The zero-order valence-electron chi connectivity index (χ0n) is 16.3. The molecule has 144 valence electrons. The summed E-state index contributed by atoms with van der Waals surface area (Å²) < 4.78 is 5.22. The Bertz CT molecular complexity index is 955. The average molecular weight is 376 g/mol. The maximum absolute atomic E-state index is 12.5. The minimum absolute atomic E-state index is 0.222. The monoisotopic (exact) mass is 376 g/mol. The largest absolute Gasteiger partial charge is 0.497 e. The normalized spacial score (nSPS) is 10.4. The maximum atomic E-state index is 12.5. The number of aryl methyl sites for hydroxylation is 2. The van der Waals surface area contributed by atoms with E-state index in [0.29, 0.717) is 24.6 Å². The molecule has 6 nitrogen and oxygen atoms in total. The Morgan fingerprint density at radius 3 is 2.57 bits per heavy atom. The summed E-state index contributed by atoms with van der Waals surface area (Å²) in [5, 5.41) is 6.06. The van der Waals surface area contributed by atoms with E-state index in [0.717, 1.165) is 22.7 Å². The minimum atomic E-state index is -0.222. The van der Waals surface area contributed by atoms with E-state index in [9.17, 15) is 4.79 Å². The molecule has 1 aromatic heterocycles. The summed E-state index contributed by atoms with van der Waals surface area (Å²) in [5.41, 5.74) is 4.21. The number of hydrogen-bond donors (Lipinski definition) is 2. The van der Waals surface area contributed by atoms with Crippen LogP contribution in [0, 0.1) is 13.8 Å². The van der Waals surface area contributed by atoms with E-state index in [2.05, 4.69) is 20.6 Å². The minimum Gasteiger partial charge on any atom is -0.497 e. The van der Waals surface area contributed by atoms with Crippen molar-refractivity contribution in [2.75, 3.05) is 19.0 Å². The molecule has 2 aromatic carbocycles. The van der Waals surface area contributed by atoms with Crippen molar-refractivity contribution in [3.8, 4) is 5.75 Å². The van der Waals surface area contributed by atoms with Gasteiger partial charge in [0.25, 0.3) is 5.91 Å². The number of hydrogen-bond acceptors (Lipinski definition) is 5. The smallest absolute Gasteiger partial charge is 0.270 e. The van der Waals surface area contributed by atoms with Crippen molar-refractivity contribution in [1.82, 2.24) is 15.3 Å². The van der Waals surface area contributed by atoms with Crippen LogP contribution in [0.15, 0.2) is 54.6 Å². The third-order valence-corrected chi connectivity index (χ3v) is 4.23. The Balaban J connectivity index is 1.62. The number of methoxy groups -OCH3 is 1. The van der Waals surface area contributed by atoms with Gasteiger partial charge in [0.2, 0.25) is 5.95 Å². The van der Waals surface area contributed by atoms with Crippen molar-refractivity contribution in [2.24, 2.45) is 0 Å².